The second kappa shape index (κ2) is 17.5. The van der Waals surface area contributed by atoms with Gasteiger partial charge in [-0.3, -0.25) is 4.98 Å². The molecule has 250 valence electrons. The van der Waals surface area contributed by atoms with Crippen molar-refractivity contribution in [1.82, 2.24) is 4.98 Å². The van der Waals surface area contributed by atoms with Crippen LogP contribution in [0, 0.1) is 0 Å². The summed E-state index contributed by atoms with van der Waals surface area (Å²) in [5.74, 6) is 0. The molecule has 3 aromatic carbocycles. The molecule has 0 radical (unpaired) electrons. The van der Waals surface area contributed by atoms with E-state index in [2.05, 4.69) is 117 Å². The second-order valence-electron chi connectivity index (χ2n) is 13.6. The van der Waals surface area contributed by atoms with Gasteiger partial charge in [0.1, 0.15) is 0 Å². The van der Waals surface area contributed by atoms with Crippen LogP contribution in [0.1, 0.15) is 119 Å². The van der Waals surface area contributed by atoms with E-state index in [9.17, 15) is 0 Å². The predicted octanol–water partition coefficient (Wildman–Crippen LogP) is 11.5. The highest BCUT2D eigenvalue weighted by Crippen LogP contribution is 2.50. The molecule has 0 aliphatic carbocycles. The first-order chi connectivity index (χ1) is 23.1. The van der Waals surface area contributed by atoms with E-state index in [4.69, 9.17) is 9.72 Å². The smallest absolute Gasteiger partial charge is 0.200 e. The van der Waals surface area contributed by atoms with Gasteiger partial charge in [0.15, 0.2) is 5.72 Å². The SMILES string of the molecule is CCCCCCCCc1ccc(N(c2ccc(CCCCCCCC)cc2)C2(c3ccc(N(C)C)cc3)OCc3ncccc32)cc1. The van der Waals surface area contributed by atoms with Gasteiger partial charge in [0, 0.05) is 48.5 Å². The fourth-order valence-corrected chi connectivity index (χ4v) is 7.01. The van der Waals surface area contributed by atoms with Crippen LogP contribution in [0.4, 0.5) is 17.1 Å². The summed E-state index contributed by atoms with van der Waals surface area (Å²) in [5.41, 5.74) is 8.55. The quantitative estimate of drug-likeness (QED) is 0.0963. The predicted molar refractivity (Wildman–Crippen MR) is 200 cm³/mol. The molecule has 47 heavy (non-hydrogen) atoms. The van der Waals surface area contributed by atoms with Gasteiger partial charge >= 0.3 is 0 Å². The average molecular weight is 632 g/mol. The number of ether oxygens (including phenoxy) is 1. The third-order valence-corrected chi connectivity index (χ3v) is 9.79. The van der Waals surface area contributed by atoms with Crippen LogP contribution >= 0.6 is 0 Å². The highest BCUT2D eigenvalue weighted by Gasteiger charge is 2.48. The fraction of sp³-hybridized carbons (Fsp3) is 0.465. The number of rotatable bonds is 19. The van der Waals surface area contributed by atoms with Crippen molar-refractivity contribution in [1.29, 1.82) is 0 Å². The third-order valence-electron chi connectivity index (χ3n) is 9.79. The monoisotopic (exact) mass is 631 g/mol. The van der Waals surface area contributed by atoms with Crippen molar-refractivity contribution < 1.29 is 4.74 Å². The maximum Gasteiger partial charge on any atom is 0.200 e. The Morgan fingerprint density at radius 1 is 0.596 bits per heavy atom. The van der Waals surface area contributed by atoms with Crippen LogP contribution in [0.25, 0.3) is 0 Å². The molecule has 0 saturated carbocycles. The molecular weight excluding hydrogens is 574 g/mol. The van der Waals surface area contributed by atoms with Crippen LogP contribution in [0.2, 0.25) is 0 Å². The van der Waals surface area contributed by atoms with Crippen molar-refractivity contribution in [2.45, 2.75) is 116 Å². The lowest BCUT2D eigenvalue weighted by Gasteiger charge is -2.43. The van der Waals surface area contributed by atoms with Crippen LogP contribution in [-0.2, 0) is 29.9 Å². The molecule has 1 aliphatic heterocycles. The topological polar surface area (TPSA) is 28.6 Å². The second-order valence-corrected chi connectivity index (χ2v) is 13.6. The molecule has 4 aromatic rings. The molecule has 4 nitrogen and oxygen atoms in total. The Kier molecular flexibility index (Phi) is 12.9. The van der Waals surface area contributed by atoms with Crippen molar-refractivity contribution >= 4 is 17.1 Å². The third kappa shape index (κ3) is 8.65. The Morgan fingerprint density at radius 2 is 1.09 bits per heavy atom. The Bertz CT molecular complexity index is 1420. The molecule has 1 unspecified atom stereocenters. The number of hydrogen-bond donors (Lipinski definition) is 0. The van der Waals surface area contributed by atoms with Gasteiger partial charge in [-0.05, 0) is 79.3 Å². The summed E-state index contributed by atoms with van der Waals surface area (Å²) >= 11 is 0. The Hall–Kier alpha value is -3.63. The van der Waals surface area contributed by atoms with Gasteiger partial charge in [-0.2, -0.15) is 0 Å². The summed E-state index contributed by atoms with van der Waals surface area (Å²) in [5, 5.41) is 0. The van der Waals surface area contributed by atoms with E-state index >= 15 is 0 Å². The molecule has 0 bridgehead atoms. The Morgan fingerprint density at radius 3 is 1.60 bits per heavy atom. The normalized spacial score (nSPS) is 15.5. The average Bonchev–Trinajstić information content (AvgIpc) is 3.49. The van der Waals surface area contributed by atoms with E-state index in [-0.39, 0.29) is 0 Å². The minimum atomic E-state index is -0.851. The lowest BCUT2D eigenvalue weighted by molar-refractivity contribution is -0.000408. The number of aromatic nitrogens is 1. The molecule has 1 atom stereocenters. The first-order valence-electron chi connectivity index (χ1n) is 18.4. The Labute approximate surface area is 285 Å². The lowest BCUT2D eigenvalue weighted by Crippen LogP contribution is -2.44. The molecule has 1 aliphatic rings. The first kappa shape index (κ1) is 34.7. The maximum absolute atomic E-state index is 7.00. The van der Waals surface area contributed by atoms with Crippen molar-refractivity contribution in [3.05, 3.63) is 119 Å². The minimum absolute atomic E-state index is 0.467. The van der Waals surface area contributed by atoms with Gasteiger partial charge in [0.2, 0.25) is 0 Å². The number of anilines is 3. The molecule has 0 spiro atoms. The summed E-state index contributed by atoms with van der Waals surface area (Å²) in [6.07, 6.45) is 19.9. The van der Waals surface area contributed by atoms with E-state index in [1.807, 2.05) is 12.3 Å². The highest BCUT2D eigenvalue weighted by atomic mass is 16.5. The zero-order valence-electron chi connectivity index (χ0n) is 29.5. The minimum Gasteiger partial charge on any atom is -0.378 e. The van der Waals surface area contributed by atoms with Crippen LogP contribution in [-0.4, -0.2) is 19.1 Å². The molecule has 0 N–H and O–H groups in total. The van der Waals surface area contributed by atoms with E-state index in [1.54, 1.807) is 0 Å². The van der Waals surface area contributed by atoms with Gasteiger partial charge in [-0.25, -0.2) is 0 Å². The number of unbranched alkanes of at least 4 members (excludes halogenated alkanes) is 10. The molecule has 0 fully saturated rings. The number of benzene rings is 3. The van der Waals surface area contributed by atoms with Gasteiger partial charge in [-0.15, -0.1) is 0 Å². The van der Waals surface area contributed by atoms with E-state index < -0.39 is 5.72 Å². The largest absolute Gasteiger partial charge is 0.378 e. The molecule has 5 rings (SSSR count). The lowest BCUT2D eigenvalue weighted by atomic mass is 9.91. The highest BCUT2D eigenvalue weighted by molar-refractivity contribution is 5.70. The van der Waals surface area contributed by atoms with Crippen molar-refractivity contribution in [3.8, 4) is 0 Å². The number of aryl methyl sites for hydroxylation is 2. The van der Waals surface area contributed by atoms with E-state index in [1.165, 1.54) is 88.2 Å². The van der Waals surface area contributed by atoms with Crippen molar-refractivity contribution in [2.24, 2.45) is 0 Å². The van der Waals surface area contributed by atoms with Crippen LogP contribution in [0.5, 0.6) is 0 Å². The zero-order valence-corrected chi connectivity index (χ0v) is 29.5. The summed E-state index contributed by atoms with van der Waals surface area (Å²) in [6.45, 7) is 5.03. The van der Waals surface area contributed by atoms with Crippen LogP contribution in [0.15, 0.2) is 91.1 Å². The molecule has 0 saturated heterocycles. The number of hydrogen-bond acceptors (Lipinski definition) is 4. The summed E-state index contributed by atoms with van der Waals surface area (Å²) in [4.78, 5) is 9.34. The zero-order chi connectivity index (χ0) is 32.9. The fourth-order valence-electron chi connectivity index (χ4n) is 7.01. The van der Waals surface area contributed by atoms with Gasteiger partial charge in [-0.1, -0.05) is 121 Å². The van der Waals surface area contributed by atoms with Crippen molar-refractivity contribution in [2.75, 3.05) is 23.9 Å². The first-order valence-corrected chi connectivity index (χ1v) is 18.4. The summed E-state index contributed by atoms with van der Waals surface area (Å²) in [7, 11) is 4.17. The number of fused-ring (bicyclic) bond motifs is 1. The summed E-state index contributed by atoms with van der Waals surface area (Å²) < 4.78 is 7.00. The van der Waals surface area contributed by atoms with Gasteiger partial charge in [0.25, 0.3) is 0 Å². The van der Waals surface area contributed by atoms with Gasteiger partial charge < -0.3 is 14.5 Å². The maximum atomic E-state index is 7.00. The van der Waals surface area contributed by atoms with Crippen LogP contribution in [0.3, 0.4) is 0 Å². The van der Waals surface area contributed by atoms with Crippen molar-refractivity contribution in [3.63, 3.8) is 0 Å². The standard InChI is InChI=1S/C43H57N3O/c1-5-7-9-11-13-15-18-35-21-27-39(28-22-35)46(40-29-23-36(24-30-40)19-16-14-12-10-8-6-2)43(37-25-31-38(32-26-37)45(3)4)41-20-17-33-44-42(41)34-47-43/h17,20-33H,5-16,18-19,34H2,1-4H3. The molecule has 4 heteroatoms. The molecule has 2 heterocycles. The van der Waals surface area contributed by atoms with Gasteiger partial charge in [0.05, 0.1) is 12.3 Å². The van der Waals surface area contributed by atoms with E-state index in [0.717, 1.165) is 46.7 Å². The van der Waals surface area contributed by atoms with E-state index in [0.29, 0.717) is 6.61 Å². The Balaban J connectivity index is 1.49. The van der Waals surface area contributed by atoms with Crippen LogP contribution < -0.4 is 9.80 Å². The molecular formula is C43H57N3O. The summed E-state index contributed by atoms with van der Waals surface area (Å²) in [6, 6.07) is 31.6. The number of nitrogens with zero attached hydrogens (tertiary/aromatic N) is 3. The number of pyridine rings is 1. The molecule has 1 aromatic heterocycles. The molecule has 0 amide bonds.